The normalized spacial score (nSPS) is 11.6. The number of hydrogen-bond acceptors (Lipinski definition) is 3. The third-order valence-corrected chi connectivity index (χ3v) is 5.49. The molecular weight excluding hydrogens is 356 g/mol. The van der Waals surface area contributed by atoms with Gasteiger partial charge < -0.3 is 4.42 Å². The van der Waals surface area contributed by atoms with E-state index in [4.69, 9.17) is 9.40 Å². The molecule has 142 valence electrons. The highest BCUT2D eigenvalue weighted by Gasteiger charge is 2.17. The molecule has 0 aliphatic rings. The average molecular weight is 378 g/mol. The van der Waals surface area contributed by atoms with Crippen LogP contribution < -0.4 is 0 Å². The minimum absolute atomic E-state index is 0.448. The molecule has 3 aromatic heterocycles. The van der Waals surface area contributed by atoms with Gasteiger partial charge in [-0.2, -0.15) is 0 Å². The van der Waals surface area contributed by atoms with Crippen LogP contribution >= 0.6 is 0 Å². The van der Waals surface area contributed by atoms with Crippen molar-refractivity contribution in [3.63, 3.8) is 0 Å². The summed E-state index contributed by atoms with van der Waals surface area (Å²) in [5.41, 5.74) is 7.90. The minimum Gasteiger partial charge on any atom is -0.437 e. The monoisotopic (exact) mass is 378 g/mol. The van der Waals surface area contributed by atoms with Crippen molar-refractivity contribution in [3.8, 4) is 22.5 Å². The van der Waals surface area contributed by atoms with Crippen LogP contribution in [0.3, 0.4) is 0 Å². The van der Waals surface area contributed by atoms with E-state index in [2.05, 4.69) is 74.3 Å². The standard InChI is InChI=1S/C26H22N2O/c1-16(2)19-13-14-27-23(15-19)20-10-9-17(3)24-21-11-12-22(18-7-5-4-6-8-18)28-26(21)29-25(20)24/h4-16H,1-3H3. The zero-order valence-corrected chi connectivity index (χ0v) is 16.8. The Morgan fingerprint density at radius 3 is 2.48 bits per heavy atom. The fourth-order valence-electron chi connectivity index (χ4n) is 3.85. The molecule has 0 N–H and O–H groups in total. The molecule has 3 nitrogen and oxygen atoms in total. The second-order valence-corrected chi connectivity index (χ2v) is 7.78. The van der Waals surface area contributed by atoms with Crippen LogP contribution in [0.4, 0.5) is 0 Å². The Hall–Kier alpha value is -3.46. The number of nitrogens with zero attached hydrogens (tertiary/aromatic N) is 2. The highest BCUT2D eigenvalue weighted by molar-refractivity contribution is 6.10. The zero-order valence-electron chi connectivity index (χ0n) is 16.8. The van der Waals surface area contributed by atoms with E-state index in [0.717, 1.165) is 38.9 Å². The van der Waals surface area contributed by atoms with Crippen molar-refractivity contribution in [3.05, 3.63) is 84.1 Å². The van der Waals surface area contributed by atoms with Crippen molar-refractivity contribution >= 4 is 22.1 Å². The van der Waals surface area contributed by atoms with Crippen molar-refractivity contribution in [1.82, 2.24) is 9.97 Å². The summed E-state index contributed by atoms with van der Waals surface area (Å²) in [5.74, 6) is 0.448. The fraction of sp³-hybridized carbons (Fsp3) is 0.154. The van der Waals surface area contributed by atoms with Gasteiger partial charge in [-0.05, 0) is 54.3 Å². The minimum atomic E-state index is 0.448. The van der Waals surface area contributed by atoms with Crippen molar-refractivity contribution in [2.24, 2.45) is 0 Å². The molecule has 0 radical (unpaired) electrons. The largest absolute Gasteiger partial charge is 0.437 e. The average Bonchev–Trinajstić information content (AvgIpc) is 3.14. The molecule has 3 heteroatoms. The summed E-state index contributed by atoms with van der Waals surface area (Å²) in [6.07, 6.45) is 1.88. The molecule has 3 heterocycles. The summed E-state index contributed by atoms with van der Waals surface area (Å²) in [7, 11) is 0. The van der Waals surface area contributed by atoms with Crippen LogP contribution in [0.1, 0.15) is 30.9 Å². The van der Waals surface area contributed by atoms with Gasteiger partial charge in [0.25, 0.3) is 0 Å². The van der Waals surface area contributed by atoms with Crippen LogP contribution in [0.5, 0.6) is 0 Å². The number of aryl methyl sites for hydroxylation is 1. The van der Waals surface area contributed by atoms with Gasteiger partial charge in [-0.15, -0.1) is 0 Å². The van der Waals surface area contributed by atoms with Crippen LogP contribution in [0, 0.1) is 6.92 Å². The molecule has 0 amide bonds. The number of fused-ring (bicyclic) bond motifs is 3. The molecule has 2 aromatic carbocycles. The van der Waals surface area contributed by atoms with Gasteiger partial charge in [0.15, 0.2) is 0 Å². The molecule has 0 fully saturated rings. The molecule has 5 aromatic rings. The van der Waals surface area contributed by atoms with E-state index in [-0.39, 0.29) is 0 Å². The van der Waals surface area contributed by atoms with Crippen molar-refractivity contribution in [2.75, 3.05) is 0 Å². The molecule has 0 bridgehead atoms. The van der Waals surface area contributed by atoms with Crippen LogP contribution in [0.25, 0.3) is 44.6 Å². The second-order valence-electron chi connectivity index (χ2n) is 7.78. The van der Waals surface area contributed by atoms with E-state index in [0.29, 0.717) is 11.6 Å². The van der Waals surface area contributed by atoms with E-state index in [9.17, 15) is 0 Å². The lowest BCUT2D eigenvalue weighted by atomic mass is 9.99. The number of pyridine rings is 2. The summed E-state index contributed by atoms with van der Waals surface area (Å²) in [6.45, 7) is 6.50. The predicted octanol–water partition coefficient (Wildman–Crippen LogP) is 7.14. The summed E-state index contributed by atoms with van der Waals surface area (Å²) >= 11 is 0. The Bertz CT molecular complexity index is 1330. The summed E-state index contributed by atoms with van der Waals surface area (Å²) < 4.78 is 6.33. The number of hydrogen-bond donors (Lipinski definition) is 0. The number of benzene rings is 2. The first-order chi connectivity index (χ1) is 14.1. The number of rotatable bonds is 3. The van der Waals surface area contributed by atoms with Gasteiger partial charge in [-0.1, -0.05) is 50.2 Å². The molecule has 0 saturated heterocycles. The molecule has 0 aliphatic heterocycles. The lowest BCUT2D eigenvalue weighted by Crippen LogP contribution is -1.91. The Balaban J connectivity index is 1.75. The van der Waals surface area contributed by atoms with E-state index in [1.165, 1.54) is 11.1 Å². The van der Waals surface area contributed by atoms with Crippen LogP contribution in [-0.2, 0) is 0 Å². The third kappa shape index (κ3) is 2.99. The Labute approximate surface area is 170 Å². The molecule has 0 spiro atoms. The van der Waals surface area contributed by atoms with Gasteiger partial charge in [0, 0.05) is 28.1 Å². The molecule has 0 unspecified atom stereocenters. The molecular formula is C26H22N2O. The van der Waals surface area contributed by atoms with Crippen LogP contribution in [0.2, 0.25) is 0 Å². The SMILES string of the molecule is Cc1ccc(-c2cc(C(C)C)ccn2)c2oc3nc(-c4ccccc4)ccc3c12. The first kappa shape index (κ1) is 17.6. The van der Waals surface area contributed by atoms with Crippen LogP contribution in [0.15, 0.2) is 77.3 Å². The maximum absolute atomic E-state index is 6.33. The van der Waals surface area contributed by atoms with Gasteiger partial charge >= 0.3 is 0 Å². The quantitative estimate of drug-likeness (QED) is 0.335. The number of aromatic nitrogens is 2. The summed E-state index contributed by atoms with van der Waals surface area (Å²) in [5, 5.41) is 2.15. The lowest BCUT2D eigenvalue weighted by molar-refractivity contribution is 0.655. The Morgan fingerprint density at radius 1 is 0.862 bits per heavy atom. The van der Waals surface area contributed by atoms with Gasteiger partial charge in [0.1, 0.15) is 5.58 Å². The van der Waals surface area contributed by atoms with E-state index in [1.807, 2.05) is 24.4 Å². The molecule has 0 atom stereocenters. The van der Waals surface area contributed by atoms with E-state index < -0.39 is 0 Å². The second kappa shape index (κ2) is 6.85. The smallest absolute Gasteiger partial charge is 0.227 e. The van der Waals surface area contributed by atoms with Gasteiger partial charge in [0.05, 0.1) is 11.4 Å². The van der Waals surface area contributed by atoms with Crippen molar-refractivity contribution in [1.29, 1.82) is 0 Å². The van der Waals surface area contributed by atoms with E-state index in [1.54, 1.807) is 0 Å². The maximum Gasteiger partial charge on any atom is 0.227 e. The third-order valence-electron chi connectivity index (χ3n) is 5.49. The van der Waals surface area contributed by atoms with Gasteiger partial charge in [-0.25, -0.2) is 4.98 Å². The van der Waals surface area contributed by atoms with E-state index >= 15 is 0 Å². The highest BCUT2D eigenvalue weighted by atomic mass is 16.3. The lowest BCUT2D eigenvalue weighted by Gasteiger charge is -2.08. The van der Waals surface area contributed by atoms with Crippen molar-refractivity contribution in [2.45, 2.75) is 26.7 Å². The molecule has 5 rings (SSSR count). The zero-order chi connectivity index (χ0) is 20.0. The topological polar surface area (TPSA) is 38.9 Å². The first-order valence-electron chi connectivity index (χ1n) is 9.96. The Kier molecular flexibility index (Phi) is 4.17. The predicted molar refractivity (Wildman–Crippen MR) is 119 cm³/mol. The highest BCUT2D eigenvalue weighted by Crippen LogP contribution is 2.37. The first-order valence-corrected chi connectivity index (χ1v) is 9.96. The van der Waals surface area contributed by atoms with Crippen LogP contribution in [-0.4, -0.2) is 9.97 Å². The maximum atomic E-state index is 6.33. The van der Waals surface area contributed by atoms with Crippen molar-refractivity contribution < 1.29 is 4.42 Å². The molecule has 0 saturated carbocycles. The summed E-state index contributed by atoms with van der Waals surface area (Å²) in [4.78, 5) is 9.44. The van der Waals surface area contributed by atoms with Gasteiger partial charge in [-0.3, -0.25) is 4.98 Å². The fourth-order valence-corrected chi connectivity index (χ4v) is 3.85. The molecule has 29 heavy (non-hydrogen) atoms. The molecule has 0 aliphatic carbocycles. The Morgan fingerprint density at radius 2 is 1.69 bits per heavy atom. The number of furan rings is 1. The van der Waals surface area contributed by atoms with Gasteiger partial charge in [0.2, 0.25) is 5.71 Å². The summed E-state index contributed by atoms with van der Waals surface area (Å²) in [6, 6.07) is 22.8.